The molecule has 1 heterocycles. The molecule has 1 aliphatic heterocycles. The number of amides is 2. The lowest BCUT2D eigenvalue weighted by molar-refractivity contribution is -0.139. The van der Waals surface area contributed by atoms with Crippen LogP contribution in [0.25, 0.3) is 0 Å². The molecule has 0 saturated carbocycles. The highest BCUT2D eigenvalue weighted by Crippen LogP contribution is 2.35. The van der Waals surface area contributed by atoms with Crippen LogP contribution < -0.4 is 19.1 Å². The molecular formula is C25H31Cl2N3O6S. The molecule has 0 bridgehead atoms. The summed E-state index contributed by atoms with van der Waals surface area (Å²) in [6, 6.07) is 8.48. The van der Waals surface area contributed by atoms with Crippen molar-refractivity contribution in [2.45, 2.75) is 46.3 Å². The van der Waals surface area contributed by atoms with Gasteiger partial charge in [0.1, 0.15) is 25.8 Å². The Hall–Kier alpha value is -2.69. The maximum absolute atomic E-state index is 13.7. The molecule has 37 heavy (non-hydrogen) atoms. The summed E-state index contributed by atoms with van der Waals surface area (Å²) in [6.07, 6.45) is 0. The summed E-state index contributed by atoms with van der Waals surface area (Å²) in [5, 5.41) is 3.55. The number of sulfonamides is 1. The highest BCUT2D eigenvalue weighted by atomic mass is 35.5. The van der Waals surface area contributed by atoms with E-state index in [1.54, 1.807) is 37.3 Å². The Kier molecular flexibility index (Phi) is 9.55. The first-order valence-corrected chi connectivity index (χ1v) is 14.2. The molecule has 2 amide bonds. The van der Waals surface area contributed by atoms with E-state index in [1.165, 1.54) is 17.9 Å². The minimum Gasteiger partial charge on any atom is -0.486 e. The number of carbonyl (C=O) groups excluding carboxylic acids is 2. The molecule has 0 spiro atoms. The van der Waals surface area contributed by atoms with E-state index in [0.717, 1.165) is 4.31 Å². The fraction of sp³-hybridized carbons (Fsp3) is 0.440. The van der Waals surface area contributed by atoms with Gasteiger partial charge in [0.25, 0.3) is 0 Å². The van der Waals surface area contributed by atoms with Crippen molar-refractivity contribution < 1.29 is 27.5 Å². The number of nitrogens with one attached hydrogen (secondary N) is 1. The first-order chi connectivity index (χ1) is 17.4. The average molecular weight is 573 g/mol. The number of carbonyl (C=O) groups is 2. The predicted molar refractivity (Wildman–Crippen MR) is 144 cm³/mol. The highest BCUT2D eigenvalue weighted by Gasteiger charge is 2.32. The zero-order valence-electron chi connectivity index (χ0n) is 21.2. The molecule has 202 valence electrons. The second kappa shape index (κ2) is 12.2. The number of halogens is 2. The fourth-order valence-electron chi connectivity index (χ4n) is 3.73. The van der Waals surface area contributed by atoms with Crippen LogP contribution in [-0.4, -0.2) is 62.7 Å². The minimum atomic E-state index is -3.87. The third kappa shape index (κ3) is 7.21. The van der Waals surface area contributed by atoms with Gasteiger partial charge in [-0.15, -0.1) is 0 Å². The first kappa shape index (κ1) is 28.9. The molecule has 3 rings (SSSR count). The zero-order valence-corrected chi connectivity index (χ0v) is 23.5. The average Bonchev–Trinajstić information content (AvgIpc) is 2.85. The van der Waals surface area contributed by atoms with Gasteiger partial charge in [0, 0.05) is 28.7 Å². The van der Waals surface area contributed by atoms with Crippen LogP contribution in [0, 0.1) is 0 Å². The van der Waals surface area contributed by atoms with E-state index in [9.17, 15) is 18.0 Å². The van der Waals surface area contributed by atoms with E-state index in [4.69, 9.17) is 32.7 Å². The number of anilines is 1. The number of rotatable bonds is 10. The number of benzene rings is 2. The lowest BCUT2D eigenvalue weighted by Gasteiger charge is -2.32. The van der Waals surface area contributed by atoms with Gasteiger partial charge in [-0.2, -0.15) is 0 Å². The summed E-state index contributed by atoms with van der Waals surface area (Å²) < 4.78 is 38.3. The van der Waals surface area contributed by atoms with Crippen molar-refractivity contribution in [2.75, 3.05) is 29.8 Å². The van der Waals surface area contributed by atoms with Gasteiger partial charge in [-0.05, 0) is 57.5 Å². The van der Waals surface area contributed by atoms with Crippen molar-refractivity contribution >= 4 is 50.7 Å². The summed E-state index contributed by atoms with van der Waals surface area (Å²) in [5.74, 6) is -0.307. The normalized spacial score (nSPS) is 13.7. The van der Waals surface area contributed by atoms with Crippen LogP contribution in [-0.2, 0) is 26.2 Å². The molecule has 0 fully saturated rings. The highest BCUT2D eigenvalue weighted by molar-refractivity contribution is 7.92. The van der Waals surface area contributed by atoms with Crippen molar-refractivity contribution in [3.63, 3.8) is 0 Å². The molecule has 0 aromatic heterocycles. The molecule has 1 aliphatic rings. The van der Waals surface area contributed by atoms with Gasteiger partial charge in [0.2, 0.25) is 21.8 Å². The van der Waals surface area contributed by atoms with Crippen LogP contribution >= 0.6 is 23.2 Å². The Balaban J connectivity index is 1.97. The number of nitrogens with zero attached hydrogens (tertiary/aromatic N) is 2. The minimum absolute atomic E-state index is 0.0251. The van der Waals surface area contributed by atoms with E-state index in [2.05, 4.69) is 5.32 Å². The second-order valence-electron chi connectivity index (χ2n) is 8.83. The summed E-state index contributed by atoms with van der Waals surface area (Å²) >= 11 is 12.4. The van der Waals surface area contributed by atoms with Crippen LogP contribution in [0.5, 0.6) is 11.5 Å². The van der Waals surface area contributed by atoms with E-state index in [0.29, 0.717) is 40.3 Å². The Morgan fingerprint density at radius 2 is 1.70 bits per heavy atom. The predicted octanol–water partition coefficient (Wildman–Crippen LogP) is 3.86. The Morgan fingerprint density at radius 1 is 1.03 bits per heavy atom. The SMILES string of the molecule is CCS(=O)(=O)N(CC(=O)N(Cc1ccc(Cl)cc1Cl)[C@@H](C)C(=O)NC(C)C)c1ccc2c(c1)OCCO2. The first-order valence-electron chi connectivity index (χ1n) is 11.9. The van der Waals surface area contributed by atoms with Crippen LogP contribution in [0.3, 0.4) is 0 Å². The largest absolute Gasteiger partial charge is 0.486 e. The van der Waals surface area contributed by atoms with Crippen molar-refractivity contribution in [1.82, 2.24) is 10.2 Å². The number of hydrogen-bond donors (Lipinski definition) is 1. The number of ether oxygens (including phenoxy) is 2. The molecule has 2 aromatic rings. The molecule has 9 nitrogen and oxygen atoms in total. The third-order valence-corrected chi connectivity index (χ3v) is 8.08. The molecule has 0 unspecified atom stereocenters. The summed E-state index contributed by atoms with van der Waals surface area (Å²) in [6.45, 7) is 6.86. The molecule has 0 radical (unpaired) electrons. The molecule has 2 aromatic carbocycles. The van der Waals surface area contributed by atoms with Crippen molar-refractivity contribution in [3.8, 4) is 11.5 Å². The molecule has 0 aliphatic carbocycles. The molecule has 1 atom stereocenters. The summed E-state index contributed by atoms with van der Waals surface area (Å²) in [5.41, 5.74) is 0.816. The maximum atomic E-state index is 13.7. The Bertz CT molecular complexity index is 1250. The van der Waals surface area contributed by atoms with Crippen LogP contribution in [0.15, 0.2) is 36.4 Å². The molecule has 12 heteroatoms. The van der Waals surface area contributed by atoms with Crippen molar-refractivity contribution in [1.29, 1.82) is 0 Å². The van der Waals surface area contributed by atoms with Gasteiger partial charge in [-0.1, -0.05) is 29.3 Å². The lowest BCUT2D eigenvalue weighted by Crippen LogP contribution is -2.52. The standard InChI is InChI=1S/C25H31Cl2N3O6S/c1-5-37(33,34)30(20-8-9-22-23(13-20)36-11-10-35-22)15-24(31)29(17(4)25(32)28-16(2)3)14-18-6-7-19(26)12-21(18)27/h6-9,12-13,16-17H,5,10-11,14-15H2,1-4H3,(H,28,32)/t17-/m0/s1. The van der Waals surface area contributed by atoms with Gasteiger partial charge in [0.05, 0.1) is 11.4 Å². The molecule has 0 saturated heterocycles. The van der Waals surface area contributed by atoms with E-state index in [-0.39, 0.29) is 29.9 Å². The summed E-state index contributed by atoms with van der Waals surface area (Å²) in [4.78, 5) is 27.9. The van der Waals surface area contributed by atoms with Crippen molar-refractivity contribution in [2.24, 2.45) is 0 Å². The Labute approximate surface area is 227 Å². The summed E-state index contributed by atoms with van der Waals surface area (Å²) in [7, 11) is -3.87. The van der Waals surface area contributed by atoms with Gasteiger partial charge in [-0.3, -0.25) is 13.9 Å². The second-order valence-corrected chi connectivity index (χ2v) is 11.9. The van der Waals surface area contributed by atoms with Gasteiger partial charge >= 0.3 is 0 Å². The van der Waals surface area contributed by atoms with Crippen LogP contribution in [0.1, 0.15) is 33.3 Å². The quantitative estimate of drug-likeness (QED) is 0.464. The van der Waals surface area contributed by atoms with Gasteiger partial charge < -0.3 is 19.7 Å². The van der Waals surface area contributed by atoms with E-state index >= 15 is 0 Å². The van der Waals surface area contributed by atoms with Gasteiger partial charge in [-0.25, -0.2) is 8.42 Å². The van der Waals surface area contributed by atoms with Crippen LogP contribution in [0.2, 0.25) is 10.0 Å². The topological polar surface area (TPSA) is 105 Å². The Morgan fingerprint density at radius 3 is 2.32 bits per heavy atom. The molecular weight excluding hydrogens is 541 g/mol. The number of hydrogen-bond acceptors (Lipinski definition) is 6. The van der Waals surface area contributed by atoms with E-state index < -0.39 is 28.5 Å². The smallest absolute Gasteiger partial charge is 0.244 e. The van der Waals surface area contributed by atoms with Crippen LogP contribution in [0.4, 0.5) is 5.69 Å². The monoisotopic (exact) mass is 571 g/mol. The number of fused-ring (bicyclic) bond motifs is 1. The maximum Gasteiger partial charge on any atom is 0.244 e. The lowest BCUT2D eigenvalue weighted by atomic mass is 10.1. The van der Waals surface area contributed by atoms with Gasteiger partial charge in [0.15, 0.2) is 11.5 Å². The fourth-order valence-corrected chi connectivity index (χ4v) is 5.25. The zero-order chi connectivity index (χ0) is 27.3. The molecule has 1 N–H and O–H groups in total. The van der Waals surface area contributed by atoms with E-state index in [1.807, 2.05) is 13.8 Å². The van der Waals surface area contributed by atoms with Crippen molar-refractivity contribution in [3.05, 3.63) is 52.0 Å². The third-order valence-electron chi connectivity index (χ3n) is 5.75.